The Hall–Kier alpha value is -3.12. The zero-order valence-electron chi connectivity index (χ0n) is 17.3. The molecule has 2 aliphatic rings. The first kappa shape index (κ1) is 21.1. The van der Waals surface area contributed by atoms with Crippen LogP contribution in [-0.4, -0.2) is 25.0 Å². The van der Waals surface area contributed by atoms with Crippen molar-refractivity contribution in [2.45, 2.75) is 19.8 Å². The van der Waals surface area contributed by atoms with E-state index >= 15 is 0 Å². The molecule has 0 aromatic heterocycles. The van der Waals surface area contributed by atoms with E-state index in [-0.39, 0.29) is 12.4 Å². The van der Waals surface area contributed by atoms with Crippen LogP contribution in [0.4, 0.5) is 0 Å². The normalized spacial score (nSPS) is 17.1. The first-order valence-electron chi connectivity index (χ1n) is 10.0. The zero-order chi connectivity index (χ0) is 22.1. The van der Waals surface area contributed by atoms with Crippen LogP contribution in [-0.2, 0) is 9.53 Å². The number of hydrogen-bond donors (Lipinski definition) is 1. The maximum atomic E-state index is 13.4. The van der Waals surface area contributed by atoms with Crippen LogP contribution in [0.25, 0.3) is 5.70 Å². The third-order valence-electron chi connectivity index (χ3n) is 5.39. The third kappa shape index (κ3) is 3.61. The fraction of sp³-hybridized carbons (Fsp3) is 0.200. The first-order chi connectivity index (χ1) is 15.0. The fourth-order valence-corrected chi connectivity index (χ4v) is 4.62. The molecule has 2 aromatic carbocycles. The van der Waals surface area contributed by atoms with E-state index in [0.29, 0.717) is 34.8 Å². The second kappa shape index (κ2) is 8.55. The number of Topliss-reactive ketones (excluding diaryl/α,β-unsaturated/α-hetero) is 1. The van der Waals surface area contributed by atoms with Crippen molar-refractivity contribution in [1.29, 1.82) is 0 Å². The number of benzene rings is 2. The third-order valence-corrected chi connectivity index (χ3v) is 6.01. The molecule has 0 saturated heterocycles. The minimum atomic E-state index is -0.556. The average Bonchev–Trinajstić information content (AvgIpc) is 3.04. The molecule has 0 bridgehead atoms. The molecule has 4 rings (SSSR count). The van der Waals surface area contributed by atoms with E-state index < -0.39 is 11.9 Å². The van der Waals surface area contributed by atoms with Gasteiger partial charge in [-0.3, -0.25) is 4.79 Å². The summed E-state index contributed by atoms with van der Waals surface area (Å²) in [5.74, 6) is -0.414. The van der Waals surface area contributed by atoms with Crippen LogP contribution >= 0.6 is 15.9 Å². The standard InChI is InChI=1S/C25H22BrNO4/c1-4-12-31-19-11-10-15(13-18(19)26)21-20(25(29)30-5-2)14(3)27-23-16-8-6-7-9-17(16)24(28)22(21)23/h4,6-11,13,21,27H,1,5,12H2,2-3H3/t21-/m0/s1. The number of allylic oxidation sites excluding steroid dienone is 2. The van der Waals surface area contributed by atoms with Crippen molar-refractivity contribution in [3.8, 4) is 5.75 Å². The molecule has 0 unspecified atom stereocenters. The van der Waals surface area contributed by atoms with Crippen LogP contribution in [0.3, 0.4) is 0 Å². The van der Waals surface area contributed by atoms with Gasteiger partial charge < -0.3 is 14.8 Å². The molecule has 5 nitrogen and oxygen atoms in total. The number of halogens is 1. The highest BCUT2D eigenvalue weighted by Gasteiger charge is 2.42. The van der Waals surface area contributed by atoms with Crippen molar-refractivity contribution in [3.05, 3.63) is 93.1 Å². The molecule has 158 valence electrons. The summed E-state index contributed by atoms with van der Waals surface area (Å²) in [4.78, 5) is 26.4. The lowest BCUT2D eigenvalue weighted by Gasteiger charge is -2.29. The van der Waals surface area contributed by atoms with Gasteiger partial charge in [0.1, 0.15) is 12.4 Å². The topological polar surface area (TPSA) is 64.6 Å². The monoisotopic (exact) mass is 479 g/mol. The van der Waals surface area contributed by atoms with Gasteiger partial charge in [-0.2, -0.15) is 0 Å². The van der Waals surface area contributed by atoms with E-state index in [1.54, 1.807) is 13.0 Å². The van der Waals surface area contributed by atoms with Crippen LogP contribution in [0, 0.1) is 0 Å². The molecule has 1 atom stereocenters. The molecule has 2 aromatic rings. The Balaban J connectivity index is 1.87. The zero-order valence-corrected chi connectivity index (χ0v) is 18.9. The lowest BCUT2D eigenvalue weighted by molar-refractivity contribution is -0.138. The molecule has 6 heteroatoms. The molecule has 0 amide bonds. The van der Waals surface area contributed by atoms with Gasteiger partial charge in [0.05, 0.1) is 22.3 Å². The summed E-state index contributed by atoms with van der Waals surface area (Å²) in [6.45, 7) is 7.90. The van der Waals surface area contributed by atoms with E-state index in [4.69, 9.17) is 9.47 Å². The molecule has 1 aliphatic carbocycles. The number of dihydropyridines is 1. The number of carbonyl (C=O) groups is 2. The minimum Gasteiger partial charge on any atom is -0.488 e. The van der Waals surface area contributed by atoms with Crippen LogP contribution in [0.5, 0.6) is 5.75 Å². The summed E-state index contributed by atoms with van der Waals surface area (Å²) in [7, 11) is 0. The quantitative estimate of drug-likeness (QED) is 0.458. The summed E-state index contributed by atoms with van der Waals surface area (Å²) < 4.78 is 11.7. The highest BCUT2D eigenvalue weighted by atomic mass is 79.9. The van der Waals surface area contributed by atoms with Gasteiger partial charge in [0.15, 0.2) is 5.78 Å². The molecule has 1 aliphatic heterocycles. The summed E-state index contributed by atoms with van der Waals surface area (Å²) in [5.41, 5.74) is 4.70. The summed E-state index contributed by atoms with van der Waals surface area (Å²) in [6, 6.07) is 13.1. The second-order valence-corrected chi connectivity index (χ2v) is 8.12. The lowest BCUT2D eigenvalue weighted by atomic mass is 9.80. The Labute approximate surface area is 189 Å². The Morgan fingerprint density at radius 3 is 2.65 bits per heavy atom. The molecular weight excluding hydrogens is 458 g/mol. The maximum Gasteiger partial charge on any atom is 0.336 e. The molecule has 1 N–H and O–H groups in total. The van der Waals surface area contributed by atoms with Crippen LogP contribution < -0.4 is 10.1 Å². The van der Waals surface area contributed by atoms with Crippen molar-refractivity contribution in [2.24, 2.45) is 0 Å². The van der Waals surface area contributed by atoms with Crippen molar-refractivity contribution in [1.82, 2.24) is 5.32 Å². The Morgan fingerprint density at radius 2 is 1.97 bits per heavy atom. The van der Waals surface area contributed by atoms with E-state index in [9.17, 15) is 9.59 Å². The van der Waals surface area contributed by atoms with Gasteiger partial charge in [-0.1, -0.05) is 43.0 Å². The van der Waals surface area contributed by atoms with Gasteiger partial charge in [0.2, 0.25) is 0 Å². The van der Waals surface area contributed by atoms with E-state index in [0.717, 1.165) is 21.3 Å². The summed E-state index contributed by atoms with van der Waals surface area (Å²) >= 11 is 3.55. The van der Waals surface area contributed by atoms with E-state index in [2.05, 4.69) is 27.8 Å². The number of ketones is 1. The number of esters is 1. The molecule has 31 heavy (non-hydrogen) atoms. The van der Waals surface area contributed by atoms with Gasteiger partial charge in [-0.15, -0.1) is 0 Å². The molecule has 0 saturated carbocycles. The highest BCUT2D eigenvalue weighted by molar-refractivity contribution is 9.10. The molecule has 0 radical (unpaired) electrons. The summed E-state index contributed by atoms with van der Waals surface area (Å²) in [5, 5.41) is 3.30. The van der Waals surface area contributed by atoms with Crippen molar-refractivity contribution in [2.75, 3.05) is 13.2 Å². The number of carbonyl (C=O) groups excluding carboxylic acids is 2. The van der Waals surface area contributed by atoms with Crippen molar-refractivity contribution >= 4 is 33.4 Å². The smallest absolute Gasteiger partial charge is 0.336 e. The number of rotatable bonds is 6. The largest absolute Gasteiger partial charge is 0.488 e. The first-order valence-corrected chi connectivity index (χ1v) is 10.8. The van der Waals surface area contributed by atoms with E-state index in [1.807, 2.05) is 49.4 Å². The molecule has 0 fully saturated rings. The molecular formula is C25H22BrNO4. The second-order valence-electron chi connectivity index (χ2n) is 7.27. The Kier molecular flexibility index (Phi) is 5.83. The Bertz CT molecular complexity index is 1160. The maximum absolute atomic E-state index is 13.4. The summed E-state index contributed by atoms with van der Waals surface area (Å²) in [6.07, 6.45) is 1.67. The molecule has 0 spiro atoms. The predicted molar refractivity (Wildman–Crippen MR) is 123 cm³/mol. The lowest BCUT2D eigenvalue weighted by Crippen LogP contribution is -2.29. The average molecular weight is 480 g/mol. The Morgan fingerprint density at radius 1 is 1.23 bits per heavy atom. The highest BCUT2D eigenvalue weighted by Crippen LogP contribution is 2.47. The van der Waals surface area contributed by atoms with Gasteiger partial charge in [0.25, 0.3) is 0 Å². The van der Waals surface area contributed by atoms with Crippen LogP contribution in [0.1, 0.15) is 41.3 Å². The molecule has 1 heterocycles. The van der Waals surface area contributed by atoms with E-state index in [1.165, 1.54) is 0 Å². The SMILES string of the molecule is C=CCOc1ccc([C@H]2C(C(=O)OCC)=C(C)NC3=C2C(=O)c2ccccc23)cc1Br. The van der Waals surface area contributed by atoms with Crippen molar-refractivity contribution in [3.63, 3.8) is 0 Å². The van der Waals surface area contributed by atoms with Crippen molar-refractivity contribution < 1.29 is 19.1 Å². The number of ether oxygens (including phenoxy) is 2. The number of hydrogen-bond acceptors (Lipinski definition) is 5. The van der Waals surface area contributed by atoms with Gasteiger partial charge in [-0.25, -0.2) is 4.79 Å². The minimum absolute atomic E-state index is 0.0829. The van der Waals surface area contributed by atoms with Gasteiger partial charge >= 0.3 is 5.97 Å². The number of nitrogens with one attached hydrogen (secondary N) is 1. The number of fused-ring (bicyclic) bond motifs is 2. The predicted octanol–water partition coefficient (Wildman–Crippen LogP) is 5.15. The van der Waals surface area contributed by atoms with Crippen LogP contribution in [0.15, 0.2) is 76.4 Å². The fourth-order valence-electron chi connectivity index (χ4n) is 4.10. The van der Waals surface area contributed by atoms with Crippen LogP contribution in [0.2, 0.25) is 0 Å². The van der Waals surface area contributed by atoms with Gasteiger partial charge in [0, 0.05) is 28.3 Å². The van der Waals surface area contributed by atoms with Gasteiger partial charge in [-0.05, 0) is 47.5 Å².